The number of thioether (sulfide) groups is 1. The maximum absolute atomic E-state index is 13.2. The molecule has 2 aromatic rings. The highest BCUT2D eigenvalue weighted by molar-refractivity contribution is 14.1. The highest BCUT2D eigenvalue weighted by Crippen LogP contribution is 2.38. The van der Waals surface area contributed by atoms with E-state index in [0.29, 0.717) is 41.3 Å². The van der Waals surface area contributed by atoms with Gasteiger partial charge in [0.15, 0.2) is 16.7 Å². The zero-order valence-electron chi connectivity index (χ0n) is 18.6. The van der Waals surface area contributed by atoms with E-state index in [2.05, 4.69) is 22.6 Å². The Morgan fingerprint density at radius 3 is 2.62 bits per heavy atom. The number of carbonyl (C=O) groups is 1. The van der Waals surface area contributed by atoms with Crippen molar-refractivity contribution in [3.63, 3.8) is 0 Å². The number of hydrogen-bond acceptors (Lipinski definition) is 6. The third-order valence-corrected chi connectivity index (χ3v) is 6.24. The number of amides is 1. The molecule has 1 amide bonds. The van der Waals surface area contributed by atoms with Crippen LogP contribution in [0.3, 0.4) is 0 Å². The molecule has 0 unspecified atom stereocenters. The highest BCUT2D eigenvalue weighted by Gasteiger charge is 2.33. The molecule has 1 fully saturated rings. The number of rotatable bonds is 9. The van der Waals surface area contributed by atoms with Gasteiger partial charge in [0.05, 0.1) is 40.5 Å². The van der Waals surface area contributed by atoms with Crippen molar-refractivity contribution < 1.29 is 19.0 Å². The Labute approximate surface area is 207 Å². The number of nitrogens with zero attached hydrogens (tertiary/aromatic N) is 2. The molecule has 2 aromatic carbocycles. The molecule has 0 spiro atoms. The molecule has 1 heterocycles. The minimum Gasteiger partial charge on any atom is -0.493 e. The smallest absolute Gasteiger partial charge is 0.266 e. The number of ether oxygens (including phenoxy) is 3. The summed E-state index contributed by atoms with van der Waals surface area (Å²) in [5.41, 5.74) is 1.67. The Kier molecular flexibility index (Phi) is 9.01. The van der Waals surface area contributed by atoms with Crippen LogP contribution in [0.4, 0.5) is 5.69 Å². The molecule has 0 aromatic heterocycles. The van der Waals surface area contributed by atoms with Gasteiger partial charge in [-0.05, 0) is 91.0 Å². The second-order valence-electron chi connectivity index (χ2n) is 7.20. The summed E-state index contributed by atoms with van der Waals surface area (Å²) in [5, 5.41) is 0.647. The van der Waals surface area contributed by atoms with Crippen LogP contribution in [-0.2, 0) is 9.53 Å². The fourth-order valence-corrected chi connectivity index (χ4v) is 4.80. The molecule has 0 bridgehead atoms. The summed E-state index contributed by atoms with van der Waals surface area (Å²) in [4.78, 5) is 20.2. The van der Waals surface area contributed by atoms with E-state index >= 15 is 0 Å². The minimum absolute atomic E-state index is 0.0317. The standard InChI is InChI=1S/C24H27IN2O4S/c1-5-30-12-11-27-23(28)21(32-24(27)26-18-9-7-6-8-10-18)15-17-13-19(25)22(31-16(2)3)20(14-17)29-4/h6-10,13-16H,5,11-12H2,1-4H3/b21-15-,26-24?. The van der Waals surface area contributed by atoms with E-state index in [1.54, 1.807) is 12.0 Å². The number of amidine groups is 1. The van der Waals surface area contributed by atoms with Gasteiger partial charge in [-0.3, -0.25) is 9.69 Å². The Bertz CT molecular complexity index is 1010. The van der Waals surface area contributed by atoms with Gasteiger partial charge in [-0.2, -0.15) is 0 Å². The van der Waals surface area contributed by atoms with Gasteiger partial charge in [-0.15, -0.1) is 0 Å². The molecule has 0 saturated carbocycles. The maximum atomic E-state index is 13.2. The fraction of sp³-hybridized carbons (Fsp3) is 0.333. The van der Waals surface area contributed by atoms with Crippen LogP contribution in [0.15, 0.2) is 52.4 Å². The molecule has 1 saturated heterocycles. The third kappa shape index (κ3) is 6.26. The molecule has 0 radical (unpaired) electrons. The Morgan fingerprint density at radius 1 is 1.22 bits per heavy atom. The summed E-state index contributed by atoms with van der Waals surface area (Å²) in [6, 6.07) is 13.5. The van der Waals surface area contributed by atoms with Gasteiger partial charge >= 0.3 is 0 Å². The highest BCUT2D eigenvalue weighted by atomic mass is 127. The minimum atomic E-state index is -0.0825. The molecule has 32 heavy (non-hydrogen) atoms. The normalized spacial score (nSPS) is 16.4. The quantitative estimate of drug-likeness (QED) is 0.221. The van der Waals surface area contributed by atoms with Crippen LogP contribution in [0.25, 0.3) is 6.08 Å². The van der Waals surface area contributed by atoms with Crippen LogP contribution >= 0.6 is 34.4 Å². The van der Waals surface area contributed by atoms with Gasteiger partial charge in [0.1, 0.15) is 0 Å². The van der Waals surface area contributed by atoms with E-state index in [9.17, 15) is 4.79 Å². The fourth-order valence-electron chi connectivity index (χ4n) is 3.03. The van der Waals surface area contributed by atoms with Gasteiger partial charge in [0.25, 0.3) is 5.91 Å². The Morgan fingerprint density at radius 2 is 1.97 bits per heavy atom. The van der Waals surface area contributed by atoms with Gasteiger partial charge < -0.3 is 14.2 Å². The largest absolute Gasteiger partial charge is 0.493 e. The average Bonchev–Trinajstić information content (AvgIpc) is 3.04. The van der Waals surface area contributed by atoms with Crippen molar-refractivity contribution in [1.29, 1.82) is 0 Å². The molecular formula is C24H27IN2O4S. The number of aliphatic imine (C=N–C) groups is 1. The van der Waals surface area contributed by atoms with E-state index in [0.717, 1.165) is 14.8 Å². The first kappa shape index (κ1) is 24.6. The van der Waals surface area contributed by atoms with E-state index in [-0.39, 0.29) is 12.0 Å². The van der Waals surface area contributed by atoms with Crippen molar-refractivity contribution in [2.45, 2.75) is 26.9 Å². The first-order valence-electron chi connectivity index (χ1n) is 10.4. The summed E-state index contributed by atoms with van der Waals surface area (Å²) in [6.45, 7) is 7.40. The van der Waals surface area contributed by atoms with Gasteiger partial charge in [0, 0.05) is 6.61 Å². The Balaban J connectivity index is 1.94. The molecule has 3 rings (SSSR count). The molecule has 8 heteroatoms. The second kappa shape index (κ2) is 11.7. The predicted molar refractivity (Wildman–Crippen MR) is 139 cm³/mol. The van der Waals surface area contributed by atoms with E-state index in [1.165, 1.54) is 11.8 Å². The van der Waals surface area contributed by atoms with Crippen LogP contribution in [0.2, 0.25) is 0 Å². The Hall–Kier alpha value is -2.04. The van der Waals surface area contributed by atoms with Crippen molar-refractivity contribution >= 4 is 57.2 Å². The molecule has 1 aliphatic heterocycles. The summed E-state index contributed by atoms with van der Waals surface area (Å²) in [5.74, 6) is 1.26. The van der Waals surface area contributed by atoms with Crippen molar-refractivity contribution in [3.05, 3.63) is 56.5 Å². The lowest BCUT2D eigenvalue weighted by molar-refractivity contribution is -0.122. The SMILES string of the molecule is CCOCCN1C(=O)/C(=C/c2cc(I)c(OC(C)C)c(OC)c2)SC1=Nc1ccccc1. The third-order valence-electron chi connectivity index (χ3n) is 4.44. The lowest BCUT2D eigenvalue weighted by Crippen LogP contribution is -2.32. The predicted octanol–water partition coefficient (Wildman–Crippen LogP) is 5.73. The maximum Gasteiger partial charge on any atom is 0.266 e. The zero-order chi connectivity index (χ0) is 23.1. The van der Waals surface area contributed by atoms with E-state index in [4.69, 9.17) is 19.2 Å². The van der Waals surface area contributed by atoms with Crippen molar-refractivity contribution in [2.75, 3.05) is 26.9 Å². The molecule has 6 nitrogen and oxygen atoms in total. The molecule has 0 N–H and O–H groups in total. The summed E-state index contributed by atoms with van der Waals surface area (Å²) < 4.78 is 17.8. The van der Waals surface area contributed by atoms with Crippen molar-refractivity contribution in [3.8, 4) is 11.5 Å². The van der Waals surface area contributed by atoms with Crippen LogP contribution in [0.5, 0.6) is 11.5 Å². The number of benzene rings is 2. The molecule has 0 aliphatic carbocycles. The van der Waals surface area contributed by atoms with Crippen LogP contribution in [-0.4, -0.2) is 48.9 Å². The topological polar surface area (TPSA) is 60.4 Å². The van der Waals surface area contributed by atoms with Crippen LogP contribution < -0.4 is 9.47 Å². The number of para-hydroxylation sites is 1. The zero-order valence-corrected chi connectivity index (χ0v) is 21.6. The lowest BCUT2D eigenvalue weighted by atomic mass is 10.2. The summed E-state index contributed by atoms with van der Waals surface area (Å²) >= 11 is 3.60. The van der Waals surface area contributed by atoms with Crippen molar-refractivity contribution in [2.24, 2.45) is 4.99 Å². The number of hydrogen-bond donors (Lipinski definition) is 0. The average molecular weight is 566 g/mol. The lowest BCUT2D eigenvalue weighted by Gasteiger charge is -2.16. The number of methoxy groups -OCH3 is 1. The van der Waals surface area contributed by atoms with Crippen molar-refractivity contribution in [1.82, 2.24) is 4.90 Å². The number of halogens is 1. The summed E-state index contributed by atoms with van der Waals surface area (Å²) in [6.07, 6.45) is 1.90. The van der Waals surface area contributed by atoms with E-state index < -0.39 is 0 Å². The number of carbonyl (C=O) groups excluding carboxylic acids is 1. The van der Waals surface area contributed by atoms with Gasteiger partial charge in [-0.1, -0.05) is 18.2 Å². The first-order chi connectivity index (χ1) is 15.4. The van der Waals surface area contributed by atoms with Crippen LogP contribution in [0.1, 0.15) is 26.3 Å². The molecule has 170 valence electrons. The second-order valence-corrected chi connectivity index (χ2v) is 9.37. The van der Waals surface area contributed by atoms with Crippen LogP contribution in [0, 0.1) is 3.57 Å². The molecule has 0 atom stereocenters. The van der Waals surface area contributed by atoms with E-state index in [1.807, 2.05) is 69.3 Å². The first-order valence-corrected chi connectivity index (χ1v) is 12.3. The molecule has 1 aliphatic rings. The van der Waals surface area contributed by atoms with Gasteiger partial charge in [-0.25, -0.2) is 4.99 Å². The molecular weight excluding hydrogens is 539 g/mol. The monoisotopic (exact) mass is 566 g/mol. The van der Waals surface area contributed by atoms with Gasteiger partial charge in [0.2, 0.25) is 0 Å². The summed E-state index contributed by atoms with van der Waals surface area (Å²) in [7, 11) is 1.62.